The van der Waals surface area contributed by atoms with E-state index in [9.17, 15) is 9.59 Å². The molecule has 8 heteroatoms. The normalized spacial score (nSPS) is 10.5. The number of H-pyrrole nitrogens is 1. The number of aromatic nitrogens is 2. The fourth-order valence-electron chi connectivity index (χ4n) is 2.52. The molecule has 1 amide bonds. The molecule has 1 aromatic heterocycles. The van der Waals surface area contributed by atoms with Crippen molar-refractivity contribution in [3.05, 3.63) is 42.0 Å². The Hall–Kier alpha value is -3.55. The van der Waals surface area contributed by atoms with Crippen LogP contribution in [0.2, 0.25) is 0 Å². The van der Waals surface area contributed by atoms with E-state index in [1.807, 2.05) is 0 Å². The van der Waals surface area contributed by atoms with Crippen LogP contribution in [0.15, 0.2) is 36.4 Å². The van der Waals surface area contributed by atoms with E-state index in [-0.39, 0.29) is 6.61 Å². The molecule has 3 rings (SSSR count). The molecule has 1 heterocycles. The molecule has 0 unspecified atom stereocenters. The molecule has 134 valence electrons. The Balaban J connectivity index is 1.92. The summed E-state index contributed by atoms with van der Waals surface area (Å²) in [6.07, 6.45) is -0.555. The van der Waals surface area contributed by atoms with Gasteiger partial charge >= 0.3 is 12.1 Å². The Labute approximate surface area is 149 Å². The van der Waals surface area contributed by atoms with Gasteiger partial charge in [-0.05, 0) is 31.2 Å². The fourth-order valence-corrected chi connectivity index (χ4v) is 2.52. The maximum atomic E-state index is 11.6. The number of hydrogen-bond donors (Lipinski definition) is 3. The highest BCUT2D eigenvalue weighted by Gasteiger charge is 2.12. The number of esters is 1. The van der Waals surface area contributed by atoms with Gasteiger partial charge in [-0.15, -0.1) is 0 Å². The van der Waals surface area contributed by atoms with Gasteiger partial charge in [0.2, 0.25) is 0 Å². The van der Waals surface area contributed by atoms with E-state index in [1.165, 1.54) is 7.11 Å². The van der Waals surface area contributed by atoms with Gasteiger partial charge in [0.25, 0.3) is 0 Å². The van der Waals surface area contributed by atoms with Crippen LogP contribution in [0.5, 0.6) is 0 Å². The van der Waals surface area contributed by atoms with Crippen molar-refractivity contribution in [3.63, 3.8) is 0 Å². The van der Waals surface area contributed by atoms with Crippen LogP contribution in [-0.4, -0.2) is 35.7 Å². The first-order valence-electron chi connectivity index (χ1n) is 7.93. The van der Waals surface area contributed by atoms with E-state index in [2.05, 4.69) is 20.0 Å². The van der Waals surface area contributed by atoms with Crippen LogP contribution in [0, 0.1) is 0 Å². The molecule has 0 spiro atoms. The van der Waals surface area contributed by atoms with Crippen molar-refractivity contribution in [1.29, 1.82) is 0 Å². The second-order valence-corrected chi connectivity index (χ2v) is 5.46. The molecule has 2 aromatic carbocycles. The number of aromatic amines is 1. The van der Waals surface area contributed by atoms with E-state index in [0.29, 0.717) is 33.8 Å². The van der Waals surface area contributed by atoms with Crippen molar-refractivity contribution in [2.45, 2.75) is 6.92 Å². The summed E-state index contributed by atoms with van der Waals surface area (Å²) in [4.78, 5) is 30.7. The second-order valence-electron chi connectivity index (χ2n) is 5.46. The number of imidazole rings is 1. The van der Waals surface area contributed by atoms with E-state index in [0.717, 1.165) is 5.56 Å². The molecular formula is C18H18N4O4. The lowest BCUT2D eigenvalue weighted by molar-refractivity contribution is 0.0600. The minimum atomic E-state index is -0.555. The number of carbonyl (C=O) groups is 2. The van der Waals surface area contributed by atoms with Gasteiger partial charge in [-0.1, -0.05) is 12.1 Å². The Morgan fingerprint density at radius 2 is 1.96 bits per heavy atom. The van der Waals surface area contributed by atoms with Crippen molar-refractivity contribution < 1.29 is 19.1 Å². The standard InChI is InChI=1S/C18H18N4O4/c1-3-26-18(24)20-12-8-13(19)15-14(9-12)21-16(22-15)10-4-6-11(7-5-10)17(23)25-2/h4-9H,3,19H2,1-2H3,(H,20,24)(H,21,22). The number of methoxy groups -OCH3 is 1. The van der Waals surface area contributed by atoms with Gasteiger partial charge in [0.05, 0.1) is 36.0 Å². The maximum absolute atomic E-state index is 11.6. The monoisotopic (exact) mass is 354 g/mol. The zero-order chi connectivity index (χ0) is 18.7. The fraction of sp³-hybridized carbons (Fsp3) is 0.167. The van der Waals surface area contributed by atoms with Crippen molar-refractivity contribution >= 4 is 34.5 Å². The first-order chi connectivity index (χ1) is 12.5. The first-order valence-corrected chi connectivity index (χ1v) is 7.93. The summed E-state index contributed by atoms with van der Waals surface area (Å²) in [5, 5.41) is 2.60. The van der Waals surface area contributed by atoms with Crippen molar-refractivity contribution in [1.82, 2.24) is 9.97 Å². The zero-order valence-corrected chi connectivity index (χ0v) is 14.3. The maximum Gasteiger partial charge on any atom is 0.411 e. The molecule has 0 atom stereocenters. The smallest absolute Gasteiger partial charge is 0.411 e. The predicted octanol–water partition coefficient (Wildman–Crippen LogP) is 3.17. The molecule has 8 nitrogen and oxygen atoms in total. The topological polar surface area (TPSA) is 119 Å². The highest BCUT2D eigenvalue weighted by molar-refractivity contribution is 5.96. The molecule has 0 bridgehead atoms. The van der Waals surface area contributed by atoms with Gasteiger partial charge in [-0.25, -0.2) is 14.6 Å². The number of nitrogens with one attached hydrogen (secondary N) is 2. The summed E-state index contributed by atoms with van der Waals surface area (Å²) in [6.45, 7) is 2.00. The summed E-state index contributed by atoms with van der Waals surface area (Å²) >= 11 is 0. The van der Waals surface area contributed by atoms with Gasteiger partial charge in [0.15, 0.2) is 0 Å². The van der Waals surface area contributed by atoms with E-state index < -0.39 is 12.1 Å². The quantitative estimate of drug-likeness (QED) is 0.489. The third kappa shape index (κ3) is 3.44. The number of ether oxygens (including phenoxy) is 2. The molecule has 0 aliphatic rings. The van der Waals surface area contributed by atoms with Gasteiger partial charge in [0.1, 0.15) is 5.82 Å². The van der Waals surface area contributed by atoms with Crippen molar-refractivity contribution in [3.8, 4) is 11.4 Å². The van der Waals surface area contributed by atoms with Gasteiger partial charge in [0, 0.05) is 11.3 Å². The van der Waals surface area contributed by atoms with Crippen LogP contribution >= 0.6 is 0 Å². The molecule has 0 aliphatic carbocycles. The third-order valence-electron chi connectivity index (χ3n) is 3.72. The van der Waals surface area contributed by atoms with Crippen LogP contribution in [0.4, 0.5) is 16.2 Å². The van der Waals surface area contributed by atoms with E-state index in [4.69, 9.17) is 10.5 Å². The van der Waals surface area contributed by atoms with Crippen LogP contribution in [0.1, 0.15) is 17.3 Å². The van der Waals surface area contributed by atoms with E-state index in [1.54, 1.807) is 43.3 Å². The Morgan fingerprint density at radius 1 is 1.23 bits per heavy atom. The molecule has 26 heavy (non-hydrogen) atoms. The number of amides is 1. The molecule has 4 N–H and O–H groups in total. The number of anilines is 2. The number of fused-ring (bicyclic) bond motifs is 1. The molecule has 0 saturated heterocycles. The van der Waals surface area contributed by atoms with Gasteiger partial charge < -0.3 is 20.2 Å². The second kappa shape index (κ2) is 7.14. The number of benzene rings is 2. The summed E-state index contributed by atoms with van der Waals surface area (Å²) in [5.74, 6) is 0.191. The average molecular weight is 354 g/mol. The molecule has 0 saturated carbocycles. The summed E-state index contributed by atoms with van der Waals surface area (Å²) in [7, 11) is 1.33. The van der Waals surface area contributed by atoms with Crippen molar-refractivity contribution in [2.24, 2.45) is 0 Å². The highest BCUT2D eigenvalue weighted by atomic mass is 16.5. The summed E-state index contributed by atoms with van der Waals surface area (Å²) in [6, 6.07) is 10.2. The van der Waals surface area contributed by atoms with Crippen LogP contribution in [0.25, 0.3) is 22.4 Å². The summed E-state index contributed by atoms with van der Waals surface area (Å²) in [5.41, 5.74) is 9.49. The van der Waals surface area contributed by atoms with Gasteiger partial charge in [-0.3, -0.25) is 5.32 Å². The molecular weight excluding hydrogens is 336 g/mol. The zero-order valence-electron chi connectivity index (χ0n) is 14.3. The average Bonchev–Trinajstić information content (AvgIpc) is 3.06. The predicted molar refractivity (Wildman–Crippen MR) is 97.9 cm³/mol. The number of hydrogen-bond acceptors (Lipinski definition) is 6. The SMILES string of the molecule is CCOC(=O)Nc1cc(N)c2[nH]c(-c3ccc(C(=O)OC)cc3)nc2c1. The van der Waals surface area contributed by atoms with Crippen molar-refractivity contribution in [2.75, 3.05) is 24.8 Å². The molecule has 0 radical (unpaired) electrons. The Morgan fingerprint density at radius 3 is 2.62 bits per heavy atom. The van der Waals surface area contributed by atoms with Crippen LogP contribution in [-0.2, 0) is 9.47 Å². The van der Waals surface area contributed by atoms with Crippen LogP contribution in [0.3, 0.4) is 0 Å². The first kappa shape index (κ1) is 17.3. The molecule has 0 fully saturated rings. The third-order valence-corrected chi connectivity index (χ3v) is 3.72. The summed E-state index contributed by atoms with van der Waals surface area (Å²) < 4.78 is 9.54. The molecule has 3 aromatic rings. The lowest BCUT2D eigenvalue weighted by Crippen LogP contribution is -2.13. The van der Waals surface area contributed by atoms with Crippen LogP contribution < -0.4 is 11.1 Å². The number of carbonyl (C=O) groups excluding carboxylic acids is 2. The lowest BCUT2D eigenvalue weighted by Gasteiger charge is -2.06. The van der Waals surface area contributed by atoms with E-state index >= 15 is 0 Å². The lowest BCUT2D eigenvalue weighted by atomic mass is 10.1. The van der Waals surface area contributed by atoms with Gasteiger partial charge in [-0.2, -0.15) is 0 Å². The highest BCUT2D eigenvalue weighted by Crippen LogP contribution is 2.28. The number of nitrogens with zero attached hydrogens (tertiary/aromatic N) is 1. The number of nitrogen functional groups attached to an aromatic ring is 1. The Kier molecular flexibility index (Phi) is 4.74. The molecule has 0 aliphatic heterocycles. The number of rotatable bonds is 4. The Bertz CT molecular complexity index is 963. The minimum Gasteiger partial charge on any atom is -0.465 e. The number of nitrogens with two attached hydrogens (primary N) is 1. The largest absolute Gasteiger partial charge is 0.465 e. The minimum absolute atomic E-state index is 0.275.